The fraction of sp³-hybridized carbons (Fsp3) is 0.310. The fourth-order valence-electron chi connectivity index (χ4n) is 5.34. The summed E-state index contributed by atoms with van der Waals surface area (Å²) in [7, 11) is -1.75. The van der Waals surface area contributed by atoms with Gasteiger partial charge in [0.15, 0.2) is 0 Å². The van der Waals surface area contributed by atoms with E-state index in [4.69, 9.17) is 0 Å². The monoisotopic (exact) mass is 467 g/mol. The molecule has 1 aliphatic heterocycles. The summed E-state index contributed by atoms with van der Waals surface area (Å²) < 4.78 is 0. The molecule has 0 aromatic heterocycles. The molecule has 3 aromatic rings. The quantitative estimate of drug-likeness (QED) is 0.320. The lowest BCUT2D eigenvalue weighted by Gasteiger charge is -2.62. The number of carbonyl (C=O) groups excluding carboxylic acids is 1. The molecule has 1 aliphatic rings. The summed E-state index contributed by atoms with van der Waals surface area (Å²) in [4.78, 5) is 15.8. The molecule has 0 radical (unpaired) electrons. The van der Waals surface area contributed by atoms with Crippen LogP contribution in [0.5, 0.6) is 0 Å². The van der Waals surface area contributed by atoms with E-state index in [2.05, 4.69) is 60.9 Å². The van der Waals surface area contributed by atoms with Crippen LogP contribution in [0.3, 0.4) is 0 Å². The molecule has 4 nitrogen and oxygen atoms in total. The standard InChI is InChI=1S/C29H33N3OSi/c1-27(2,3)32-25(21-30)29(26(32)33,34(4)5)31-28(22-15-9-6-10-16-22,23-17-11-7-12-18-23)24-19-13-8-14-20-24/h6-20,25,31,34H,1-5H3/t25?,29-/m0/s1. The molecule has 1 unspecified atom stereocenters. The van der Waals surface area contributed by atoms with Crippen LogP contribution in [0.2, 0.25) is 13.1 Å². The highest BCUT2D eigenvalue weighted by Crippen LogP contribution is 2.45. The van der Waals surface area contributed by atoms with E-state index in [9.17, 15) is 10.1 Å². The van der Waals surface area contributed by atoms with Crippen molar-refractivity contribution in [2.45, 2.75) is 56.1 Å². The Labute approximate surface area is 204 Å². The van der Waals surface area contributed by atoms with Crippen LogP contribution in [0.1, 0.15) is 37.5 Å². The Morgan fingerprint density at radius 2 is 1.21 bits per heavy atom. The summed E-state index contributed by atoms with van der Waals surface area (Å²) in [6, 6.07) is 32.8. The molecule has 5 heteroatoms. The predicted molar refractivity (Wildman–Crippen MR) is 140 cm³/mol. The van der Waals surface area contributed by atoms with Crippen molar-refractivity contribution in [3.8, 4) is 6.07 Å². The van der Waals surface area contributed by atoms with Gasteiger partial charge in [0.1, 0.15) is 11.2 Å². The van der Waals surface area contributed by atoms with Gasteiger partial charge < -0.3 is 4.90 Å². The van der Waals surface area contributed by atoms with E-state index >= 15 is 0 Å². The lowest BCUT2D eigenvalue weighted by Crippen LogP contribution is -2.88. The summed E-state index contributed by atoms with van der Waals surface area (Å²) >= 11 is 0. The molecule has 0 saturated carbocycles. The molecule has 0 spiro atoms. The Kier molecular flexibility index (Phi) is 6.24. The zero-order valence-corrected chi connectivity index (χ0v) is 21.8. The normalized spacial score (nSPS) is 20.7. The van der Waals surface area contributed by atoms with Crippen LogP contribution in [0.25, 0.3) is 0 Å². The second-order valence-corrected chi connectivity index (χ2v) is 13.6. The van der Waals surface area contributed by atoms with Gasteiger partial charge in [-0.05, 0) is 37.5 Å². The predicted octanol–water partition coefficient (Wildman–Crippen LogP) is 4.87. The largest absolute Gasteiger partial charge is 0.318 e. The Morgan fingerprint density at radius 1 is 0.824 bits per heavy atom. The van der Waals surface area contributed by atoms with E-state index in [1.165, 1.54) is 0 Å². The van der Waals surface area contributed by atoms with Crippen molar-refractivity contribution in [2.24, 2.45) is 0 Å². The molecule has 1 fully saturated rings. The number of hydrogen-bond acceptors (Lipinski definition) is 3. The number of benzene rings is 3. The molecule has 1 amide bonds. The first kappa shape index (κ1) is 23.9. The number of nitriles is 1. The molecule has 1 heterocycles. The second-order valence-electron chi connectivity index (χ2n) is 10.4. The smallest absolute Gasteiger partial charge is 0.244 e. The van der Waals surface area contributed by atoms with Crippen LogP contribution in [-0.2, 0) is 10.3 Å². The number of rotatable bonds is 6. The summed E-state index contributed by atoms with van der Waals surface area (Å²) in [5.41, 5.74) is 1.90. The van der Waals surface area contributed by atoms with Crippen molar-refractivity contribution in [3.63, 3.8) is 0 Å². The minimum Gasteiger partial charge on any atom is -0.318 e. The third-order valence-electron chi connectivity index (χ3n) is 7.03. The van der Waals surface area contributed by atoms with Gasteiger partial charge in [-0.2, -0.15) is 5.26 Å². The van der Waals surface area contributed by atoms with E-state index in [-0.39, 0.29) is 5.91 Å². The lowest BCUT2D eigenvalue weighted by atomic mass is 9.74. The highest BCUT2D eigenvalue weighted by Gasteiger charge is 2.67. The van der Waals surface area contributed by atoms with Crippen molar-refractivity contribution >= 4 is 14.7 Å². The van der Waals surface area contributed by atoms with E-state index < -0.39 is 31.1 Å². The third-order valence-corrected chi connectivity index (χ3v) is 9.56. The average Bonchev–Trinajstić information content (AvgIpc) is 2.83. The molecule has 0 aliphatic carbocycles. The van der Waals surface area contributed by atoms with Gasteiger partial charge in [0.25, 0.3) is 0 Å². The first-order valence-corrected chi connectivity index (χ1v) is 14.8. The molecule has 4 rings (SSSR count). The van der Waals surface area contributed by atoms with Crippen LogP contribution in [0.15, 0.2) is 91.0 Å². The van der Waals surface area contributed by atoms with Crippen molar-refractivity contribution in [3.05, 3.63) is 108 Å². The zero-order chi connectivity index (χ0) is 24.6. The van der Waals surface area contributed by atoms with E-state index in [1.807, 2.05) is 75.4 Å². The SMILES string of the molecule is C[SiH](C)[C@]1(NC(c2ccccc2)(c2ccccc2)c2ccccc2)C(=O)N(C(C)(C)C)C1C#N. The minimum absolute atomic E-state index is 0.0281. The van der Waals surface area contributed by atoms with Gasteiger partial charge in [-0.3, -0.25) is 10.1 Å². The molecule has 1 N–H and O–H groups in total. The average molecular weight is 468 g/mol. The molecular formula is C29H33N3OSi. The van der Waals surface area contributed by atoms with E-state index in [1.54, 1.807) is 4.90 Å². The van der Waals surface area contributed by atoms with Crippen LogP contribution in [-0.4, -0.2) is 36.3 Å². The summed E-state index contributed by atoms with van der Waals surface area (Å²) in [5, 5.41) is 13.4. The number of nitrogens with one attached hydrogen (secondary N) is 1. The highest BCUT2D eigenvalue weighted by atomic mass is 28.3. The molecule has 3 aromatic carbocycles. The Balaban J connectivity index is 2.02. The molecule has 174 valence electrons. The maximum Gasteiger partial charge on any atom is 0.244 e. The van der Waals surface area contributed by atoms with Gasteiger partial charge in [-0.25, -0.2) is 0 Å². The minimum atomic E-state index is -1.75. The van der Waals surface area contributed by atoms with Crippen molar-refractivity contribution in [2.75, 3.05) is 0 Å². The van der Waals surface area contributed by atoms with Crippen molar-refractivity contribution < 1.29 is 4.79 Å². The van der Waals surface area contributed by atoms with Crippen LogP contribution >= 0.6 is 0 Å². The topological polar surface area (TPSA) is 56.1 Å². The Morgan fingerprint density at radius 3 is 1.50 bits per heavy atom. The van der Waals surface area contributed by atoms with Gasteiger partial charge in [-0.1, -0.05) is 104 Å². The van der Waals surface area contributed by atoms with Gasteiger partial charge in [0.2, 0.25) is 5.91 Å². The van der Waals surface area contributed by atoms with E-state index in [0.29, 0.717) is 0 Å². The maximum atomic E-state index is 14.1. The lowest BCUT2D eigenvalue weighted by molar-refractivity contribution is -0.161. The van der Waals surface area contributed by atoms with Gasteiger partial charge in [-0.15, -0.1) is 0 Å². The zero-order valence-electron chi connectivity index (χ0n) is 20.6. The summed E-state index contributed by atoms with van der Waals surface area (Å²) in [6.07, 6.45) is 0. The first-order valence-electron chi connectivity index (χ1n) is 11.9. The number of carbonyl (C=O) groups is 1. The van der Waals surface area contributed by atoms with Gasteiger partial charge >= 0.3 is 0 Å². The number of hydrogen-bond donors (Lipinski definition) is 1. The van der Waals surface area contributed by atoms with Gasteiger partial charge in [0, 0.05) is 5.54 Å². The van der Waals surface area contributed by atoms with Crippen molar-refractivity contribution in [1.82, 2.24) is 10.2 Å². The van der Waals surface area contributed by atoms with Gasteiger partial charge in [0.05, 0.1) is 20.4 Å². The number of β-lactam (4-membered cyclic amide) rings is 1. The Hall–Kier alpha value is -3.20. The van der Waals surface area contributed by atoms with Crippen LogP contribution in [0.4, 0.5) is 0 Å². The second kappa shape index (κ2) is 8.86. The van der Waals surface area contributed by atoms with Crippen LogP contribution in [0, 0.1) is 11.3 Å². The fourth-order valence-corrected chi connectivity index (χ4v) is 7.34. The maximum absolute atomic E-state index is 14.1. The molecular weight excluding hydrogens is 434 g/mol. The number of amides is 1. The third kappa shape index (κ3) is 3.58. The molecule has 0 bridgehead atoms. The molecule has 34 heavy (non-hydrogen) atoms. The van der Waals surface area contributed by atoms with Crippen molar-refractivity contribution in [1.29, 1.82) is 5.26 Å². The first-order chi connectivity index (χ1) is 16.2. The number of nitrogens with zero attached hydrogens (tertiary/aromatic N) is 2. The Bertz CT molecular complexity index is 1090. The molecule has 1 saturated heterocycles. The highest BCUT2D eigenvalue weighted by molar-refractivity contribution is 6.66. The van der Waals surface area contributed by atoms with E-state index in [0.717, 1.165) is 16.7 Å². The molecule has 2 atom stereocenters. The van der Waals surface area contributed by atoms with Crippen LogP contribution < -0.4 is 5.32 Å². The summed E-state index contributed by atoms with van der Waals surface area (Å²) in [6.45, 7) is 10.3. The number of likely N-dealkylation sites (tertiary alicyclic amines) is 1. The summed E-state index contributed by atoms with van der Waals surface area (Å²) in [5.74, 6) is 0.0281.